The van der Waals surface area contributed by atoms with Gasteiger partial charge in [-0.15, -0.1) is 0 Å². The van der Waals surface area contributed by atoms with Crippen LogP contribution in [0.1, 0.15) is 5.56 Å². The van der Waals surface area contributed by atoms with Gasteiger partial charge in [0.15, 0.2) is 0 Å². The number of rotatable bonds is 3. The van der Waals surface area contributed by atoms with Gasteiger partial charge in [0, 0.05) is 15.6 Å². The highest BCUT2D eigenvalue weighted by atomic mass is 79.9. The Morgan fingerprint density at radius 3 is 2.55 bits per heavy atom. The minimum atomic E-state index is -0.515. The number of hydrogen-bond acceptors (Lipinski definition) is 5. The van der Waals surface area contributed by atoms with Crippen molar-refractivity contribution in [3.8, 4) is 28.5 Å². The number of halogens is 1. The average molecular weight is 475 g/mol. The predicted molar refractivity (Wildman–Crippen MR) is 121 cm³/mol. The fraction of sp³-hybridized carbons (Fsp3) is 0.0435. The van der Waals surface area contributed by atoms with E-state index in [0.717, 1.165) is 20.2 Å². The first-order valence-electron chi connectivity index (χ1n) is 9.46. The summed E-state index contributed by atoms with van der Waals surface area (Å²) in [5.74, 6) is 0.736. The van der Waals surface area contributed by atoms with Gasteiger partial charge in [-0.3, -0.25) is 4.79 Å². The number of benzene rings is 3. The molecule has 0 unspecified atom stereocenters. The van der Waals surface area contributed by atoms with Gasteiger partial charge in [0.25, 0.3) is 11.4 Å². The zero-order chi connectivity index (χ0) is 21.5. The van der Waals surface area contributed by atoms with Gasteiger partial charge < -0.3 is 9.51 Å². The standard InChI is InChI=1S/C23H15BrN4O3/c1-13-5-8-17(9-6-13)28-22(29)18-10-7-15(12-19(18)25-23(28)30)21-26-20(27-31-21)14-3-2-4-16(24)11-14/h2-12H,1H3,(H,25,30). The topological polar surface area (TPSA) is 93.8 Å². The molecule has 3 aromatic carbocycles. The molecule has 0 radical (unpaired) electrons. The number of aromatic amines is 1. The van der Waals surface area contributed by atoms with E-state index in [2.05, 4.69) is 31.1 Å². The number of H-pyrrole nitrogens is 1. The van der Waals surface area contributed by atoms with E-state index in [4.69, 9.17) is 4.52 Å². The second-order valence-corrected chi connectivity index (χ2v) is 8.02. The van der Waals surface area contributed by atoms with Crippen LogP contribution in [-0.4, -0.2) is 19.7 Å². The molecule has 0 saturated carbocycles. The van der Waals surface area contributed by atoms with Crippen molar-refractivity contribution < 1.29 is 4.52 Å². The molecule has 0 aliphatic heterocycles. The molecular weight excluding hydrogens is 460 g/mol. The predicted octanol–water partition coefficient (Wildman–Crippen LogP) is 4.47. The van der Waals surface area contributed by atoms with E-state index in [1.807, 2.05) is 43.3 Å². The second-order valence-electron chi connectivity index (χ2n) is 7.10. The van der Waals surface area contributed by atoms with Gasteiger partial charge in [-0.05, 0) is 49.4 Å². The van der Waals surface area contributed by atoms with Gasteiger partial charge >= 0.3 is 5.69 Å². The van der Waals surface area contributed by atoms with Crippen LogP contribution in [-0.2, 0) is 0 Å². The van der Waals surface area contributed by atoms with Crippen molar-refractivity contribution in [1.29, 1.82) is 0 Å². The van der Waals surface area contributed by atoms with E-state index in [1.165, 1.54) is 0 Å². The molecule has 0 amide bonds. The summed E-state index contributed by atoms with van der Waals surface area (Å²) in [5.41, 5.74) is 2.45. The lowest BCUT2D eigenvalue weighted by Crippen LogP contribution is -2.33. The van der Waals surface area contributed by atoms with E-state index in [-0.39, 0.29) is 0 Å². The smallest absolute Gasteiger partial charge is 0.333 e. The van der Waals surface area contributed by atoms with Gasteiger partial charge in [-0.25, -0.2) is 9.36 Å². The maximum Gasteiger partial charge on any atom is 0.333 e. The number of nitrogens with one attached hydrogen (secondary N) is 1. The van der Waals surface area contributed by atoms with Crippen molar-refractivity contribution in [2.75, 3.05) is 0 Å². The molecule has 8 heteroatoms. The average Bonchev–Trinajstić information content (AvgIpc) is 3.25. The van der Waals surface area contributed by atoms with Crippen molar-refractivity contribution in [3.63, 3.8) is 0 Å². The largest absolute Gasteiger partial charge is 0.334 e. The molecule has 7 nitrogen and oxygen atoms in total. The van der Waals surface area contributed by atoms with E-state index in [0.29, 0.717) is 33.9 Å². The van der Waals surface area contributed by atoms with E-state index >= 15 is 0 Å². The molecule has 0 fully saturated rings. The summed E-state index contributed by atoms with van der Waals surface area (Å²) in [6.45, 7) is 1.94. The molecule has 0 atom stereocenters. The highest BCUT2D eigenvalue weighted by Gasteiger charge is 2.14. The molecule has 5 rings (SSSR count). The van der Waals surface area contributed by atoms with Crippen LogP contribution in [0.15, 0.2) is 85.3 Å². The zero-order valence-corrected chi connectivity index (χ0v) is 17.9. The van der Waals surface area contributed by atoms with Crippen molar-refractivity contribution in [2.45, 2.75) is 6.92 Å². The normalized spacial score (nSPS) is 11.2. The fourth-order valence-corrected chi connectivity index (χ4v) is 3.76. The Kier molecular flexibility index (Phi) is 4.63. The van der Waals surface area contributed by atoms with E-state index in [1.54, 1.807) is 30.3 Å². The Hall–Kier alpha value is -3.78. The molecule has 0 spiro atoms. The molecule has 1 N–H and O–H groups in total. The van der Waals surface area contributed by atoms with Gasteiger partial charge in [0.05, 0.1) is 16.6 Å². The minimum Gasteiger partial charge on any atom is -0.334 e. The molecule has 31 heavy (non-hydrogen) atoms. The summed E-state index contributed by atoms with van der Waals surface area (Å²) in [4.78, 5) is 32.9. The van der Waals surface area contributed by atoms with Crippen molar-refractivity contribution in [3.05, 3.63) is 97.6 Å². The zero-order valence-electron chi connectivity index (χ0n) is 16.3. The van der Waals surface area contributed by atoms with Crippen LogP contribution in [0.5, 0.6) is 0 Å². The van der Waals surface area contributed by atoms with Gasteiger partial charge in [0.1, 0.15) is 0 Å². The van der Waals surface area contributed by atoms with Crippen LogP contribution >= 0.6 is 15.9 Å². The maximum atomic E-state index is 13.0. The molecule has 152 valence electrons. The monoisotopic (exact) mass is 474 g/mol. The first-order chi connectivity index (χ1) is 15.0. The molecular formula is C23H15BrN4O3. The molecule has 0 aliphatic rings. The SMILES string of the molecule is Cc1ccc(-n2c(=O)[nH]c3cc(-c4nc(-c5cccc(Br)c5)no4)ccc3c2=O)cc1. The number of aryl methyl sites for hydroxylation is 1. The molecule has 2 aromatic heterocycles. The minimum absolute atomic E-state index is 0.292. The number of hydrogen-bond donors (Lipinski definition) is 1. The Labute approximate surface area is 184 Å². The number of fused-ring (bicyclic) bond motifs is 1. The summed E-state index contributed by atoms with van der Waals surface area (Å²) in [6, 6.07) is 19.8. The summed E-state index contributed by atoms with van der Waals surface area (Å²) in [6.07, 6.45) is 0. The third-order valence-electron chi connectivity index (χ3n) is 4.95. The van der Waals surface area contributed by atoms with Crippen LogP contribution in [0.25, 0.3) is 39.4 Å². The summed E-state index contributed by atoms with van der Waals surface area (Å²) in [5, 5.41) is 4.42. The molecule has 0 bridgehead atoms. The van der Waals surface area contributed by atoms with Crippen LogP contribution in [0.4, 0.5) is 0 Å². The highest BCUT2D eigenvalue weighted by Crippen LogP contribution is 2.25. The Balaban J connectivity index is 1.59. The Morgan fingerprint density at radius 1 is 0.968 bits per heavy atom. The van der Waals surface area contributed by atoms with E-state index < -0.39 is 11.2 Å². The van der Waals surface area contributed by atoms with Crippen LogP contribution < -0.4 is 11.2 Å². The molecule has 5 aromatic rings. The third kappa shape index (κ3) is 3.51. The first-order valence-corrected chi connectivity index (χ1v) is 10.2. The number of aromatic nitrogens is 4. The first kappa shape index (κ1) is 19.2. The Morgan fingerprint density at radius 2 is 1.77 bits per heavy atom. The third-order valence-corrected chi connectivity index (χ3v) is 5.44. The lowest BCUT2D eigenvalue weighted by atomic mass is 10.1. The Bertz CT molecular complexity index is 1550. The van der Waals surface area contributed by atoms with E-state index in [9.17, 15) is 9.59 Å². The molecule has 2 heterocycles. The number of nitrogens with zero attached hydrogens (tertiary/aromatic N) is 3. The fourth-order valence-electron chi connectivity index (χ4n) is 3.36. The lowest BCUT2D eigenvalue weighted by molar-refractivity contribution is 0.432. The molecule has 0 aliphatic carbocycles. The molecule has 0 saturated heterocycles. The van der Waals surface area contributed by atoms with Crippen LogP contribution in [0, 0.1) is 6.92 Å². The quantitative estimate of drug-likeness (QED) is 0.416. The maximum absolute atomic E-state index is 13.0. The van der Waals surface area contributed by atoms with Crippen LogP contribution in [0.3, 0.4) is 0 Å². The van der Waals surface area contributed by atoms with Crippen molar-refractivity contribution in [2.24, 2.45) is 0 Å². The summed E-state index contributed by atoms with van der Waals surface area (Å²) >= 11 is 3.43. The van der Waals surface area contributed by atoms with Crippen molar-refractivity contribution in [1.82, 2.24) is 19.7 Å². The second kappa shape index (κ2) is 7.48. The lowest BCUT2D eigenvalue weighted by Gasteiger charge is -2.07. The summed E-state index contributed by atoms with van der Waals surface area (Å²) < 4.78 is 7.44. The van der Waals surface area contributed by atoms with Gasteiger partial charge in [-0.1, -0.05) is 50.9 Å². The van der Waals surface area contributed by atoms with Gasteiger partial charge in [0.2, 0.25) is 5.82 Å². The summed E-state index contributed by atoms with van der Waals surface area (Å²) in [7, 11) is 0. The van der Waals surface area contributed by atoms with Crippen molar-refractivity contribution >= 4 is 26.8 Å². The van der Waals surface area contributed by atoms with Gasteiger partial charge in [-0.2, -0.15) is 4.98 Å². The van der Waals surface area contributed by atoms with Crippen LogP contribution in [0.2, 0.25) is 0 Å². The highest BCUT2D eigenvalue weighted by molar-refractivity contribution is 9.10.